The number of hydrogen-bond donors (Lipinski definition) is 2. The van der Waals surface area contributed by atoms with Crippen molar-refractivity contribution < 1.29 is 4.74 Å². The van der Waals surface area contributed by atoms with E-state index >= 15 is 0 Å². The summed E-state index contributed by atoms with van der Waals surface area (Å²) in [6, 6.07) is 7.99. The molecule has 2 rings (SSSR count). The van der Waals surface area contributed by atoms with E-state index in [1.807, 2.05) is 30.9 Å². The normalized spacial score (nSPS) is 16.8. The monoisotopic (exact) mass is 497 g/mol. The number of nitrogens with zero attached hydrogens (tertiary/aromatic N) is 1. The highest BCUT2D eigenvalue weighted by Crippen LogP contribution is 2.34. The Balaban J connectivity index is 0.00000312. The van der Waals surface area contributed by atoms with Crippen LogP contribution < -0.4 is 10.6 Å². The van der Waals surface area contributed by atoms with Gasteiger partial charge < -0.3 is 15.4 Å². The average molecular weight is 498 g/mol. The summed E-state index contributed by atoms with van der Waals surface area (Å²) in [5, 5.41) is 7.68. The molecule has 1 aromatic carbocycles. The van der Waals surface area contributed by atoms with E-state index in [2.05, 4.69) is 34.7 Å². The SMILES string of the molecule is CCSC1(CNC(=NC)NCCc2ccc(Cl)cc2)CCOCC1.I. The first-order valence-corrected chi connectivity index (χ1v) is 9.94. The minimum atomic E-state index is 0. The van der Waals surface area contributed by atoms with Gasteiger partial charge in [-0.05, 0) is 42.7 Å². The molecule has 0 bridgehead atoms. The Bertz CT molecular complexity index is 516. The number of rotatable bonds is 7. The fourth-order valence-corrected chi connectivity index (χ4v) is 4.23. The average Bonchev–Trinajstić information content (AvgIpc) is 2.61. The van der Waals surface area contributed by atoms with Crippen molar-refractivity contribution in [2.24, 2.45) is 4.99 Å². The Morgan fingerprint density at radius 3 is 2.52 bits per heavy atom. The van der Waals surface area contributed by atoms with Crippen LogP contribution in [0.25, 0.3) is 0 Å². The molecular formula is C18H29ClIN3OS. The first-order chi connectivity index (χ1) is 11.7. The second-order valence-corrected chi connectivity index (χ2v) is 8.13. The van der Waals surface area contributed by atoms with Crippen LogP contribution in [0.1, 0.15) is 25.3 Å². The molecule has 1 aromatic rings. The number of hydrogen-bond acceptors (Lipinski definition) is 3. The predicted octanol–water partition coefficient (Wildman–Crippen LogP) is 3.97. The fraction of sp³-hybridized carbons (Fsp3) is 0.611. The summed E-state index contributed by atoms with van der Waals surface area (Å²) in [6.45, 7) is 5.71. The zero-order chi connectivity index (χ0) is 17.3. The summed E-state index contributed by atoms with van der Waals surface area (Å²) >= 11 is 7.95. The molecule has 0 unspecified atom stereocenters. The molecule has 7 heteroatoms. The van der Waals surface area contributed by atoms with Gasteiger partial charge in [0.05, 0.1) is 0 Å². The lowest BCUT2D eigenvalue weighted by atomic mass is 9.99. The van der Waals surface area contributed by atoms with Gasteiger partial charge in [-0.1, -0.05) is 30.7 Å². The number of ether oxygens (including phenoxy) is 1. The van der Waals surface area contributed by atoms with Crippen LogP contribution in [0.4, 0.5) is 0 Å². The van der Waals surface area contributed by atoms with Crippen LogP contribution in [0.3, 0.4) is 0 Å². The van der Waals surface area contributed by atoms with Crippen molar-refractivity contribution in [2.45, 2.75) is 30.9 Å². The van der Waals surface area contributed by atoms with Crippen LogP contribution in [0, 0.1) is 0 Å². The molecule has 142 valence electrons. The zero-order valence-electron chi connectivity index (χ0n) is 15.0. The smallest absolute Gasteiger partial charge is 0.191 e. The molecule has 1 aliphatic rings. The van der Waals surface area contributed by atoms with Gasteiger partial charge in [0.1, 0.15) is 0 Å². The van der Waals surface area contributed by atoms with E-state index in [4.69, 9.17) is 16.3 Å². The maximum absolute atomic E-state index is 5.92. The third kappa shape index (κ3) is 7.93. The maximum atomic E-state index is 5.92. The second kappa shape index (κ2) is 12.3. The van der Waals surface area contributed by atoms with Gasteiger partial charge in [0, 0.05) is 43.1 Å². The highest BCUT2D eigenvalue weighted by molar-refractivity contribution is 14.0. The largest absolute Gasteiger partial charge is 0.381 e. The summed E-state index contributed by atoms with van der Waals surface area (Å²) in [5.41, 5.74) is 1.27. The molecule has 1 heterocycles. The molecule has 4 nitrogen and oxygen atoms in total. The first-order valence-electron chi connectivity index (χ1n) is 8.58. The molecular weight excluding hydrogens is 469 g/mol. The van der Waals surface area contributed by atoms with Crippen LogP contribution in [0.2, 0.25) is 5.02 Å². The van der Waals surface area contributed by atoms with Gasteiger partial charge in [-0.2, -0.15) is 11.8 Å². The van der Waals surface area contributed by atoms with Gasteiger partial charge in [-0.3, -0.25) is 4.99 Å². The Morgan fingerprint density at radius 1 is 1.24 bits per heavy atom. The number of halogens is 2. The molecule has 0 amide bonds. The van der Waals surface area contributed by atoms with Crippen molar-refractivity contribution in [3.63, 3.8) is 0 Å². The van der Waals surface area contributed by atoms with E-state index in [1.54, 1.807) is 0 Å². The van der Waals surface area contributed by atoms with E-state index < -0.39 is 0 Å². The highest BCUT2D eigenvalue weighted by Gasteiger charge is 2.32. The highest BCUT2D eigenvalue weighted by atomic mass is 127. The van der Waals surface area contributed by atoms with Gasteiger partial charge >= 0.3 is 0 Å². The van der Waals surface area contributed by atoms with Crippen molar-refractivity contribution in [3.8, 4) is 0 Å². The number of aliphatic imine (C=N–C) groups is 1. The fourth-order valence-electron chi connectivity index (χ4n) is 2.86. The van der Waals surface area contributed by atoms with Crippen LogP contribution >= 0.6 is 47.3 Å². The first kappa shape index (κ1) is 22.9. The summed E-state index contributed by atoms with van der Waals surface area (Å²) < 4.78 is 5.79. The van der Waals surface area contributed by atoms with Gasteiger partial charge in [0.2, 0.25) is 0 Å². The third-order valence-corrected chi connectivity index (χ3v) is 5.98. The topological polar surface area (TPSA) is 45.7 Å². The maximum Gasteiger partial charge on any atom is 0.191 e. The molecule has 0 saturated carbocycles. The van der Waals surface area contributed by atoms with Crippen molar-refractivity contribution >= 4 is 53.3 Å². The molecule has 0 aliphatic carbocycles. The summed E-state index contributed by atoms with van der Waals surface area (Å²) in [5.74, 6) is 2.00. The molecule has 0 aromatic heterocycles. The molecule has 1 fully saturated rings. The van der Waals surface area contributed by atoms with Crippen molar-refractivity contribution in [1.82, 2.24) is 10.6 Å². The van der Waals surface area contributed by atoms with Crippen molar-refractivity contribution in [3.05, 3.63) is 34.9 Å². The Hall–Kier alpha value is -0.180. The standard InChI is InChI=1S/C18H28ClN3OS.HI/c1-3-24-18(9-12-23-13-10-18)14-22-17(20-2)21-11-8-15-4-6-16(19)7-5-15;/h4-7H,3,8-14H2,1-2H3,(H2,20,21,22);1H. The van der Waals surface area contributed by atoms with E-state index in [0.717, 1.165) is 62.3 Å². The third-order valence-electron chi connectivity index (χ3n) is 4.28. The summed E-state index contributed by atoms with van der Waals surface area (Å²) in [4.78, 5) is 4.34. The van der Waals surface area contributed by atoms with Crippen LogP contribution in [0.15, 0.2) is 29.3 Å². The van der Waals surface area contributed by atoms with Crippen LogP contribution in [-0.2, 0) is 11.2 Å². The van der Waals surface area contributed by atoms with Gasteiger partial charge in [0.15, 0.2) is 5.96 Å². The summed E-state index contributed by atoms with van der Waals surface area (Å²) in [6.07, 6.45) is 3.14. The van der Waals surface area contributed by atoms with E-state index in [9.17, 15) is 0 Å². The number of guanidine groups is 1. The second-order valence-electron chi connectivity index (χ2n) is 5.96. The molecule has 0 atom stereocenters. The van der Waals surface area contributed by atoms with Crippen molar-refractivity contribution in [1.29, 1.82) is 0 Å². The minimum Gasteiger partial charge on any atom is -0.381 e. The molecule has 0 spiro atoms. The number of thioether (sulfide) groups is 1. The Kier molecular flexibility index (Phi) is 11.2. The molecule has 0 radical (unpaired) electrons. The van der Waals surface area contributed by atoms with Crippen LogP contribution in [0.5, 0.6) is 0 Å². The van der Waals surface area contributed by atoms with Crippen LogP contribution in [-0.4, -0.2) is 49.8 Å². The lowest BCUT2D eigenvalue weighted by Crippen LogP contribution is -2.48. The Morgan fingerprint density at radius 2 is 1.92 bits per heavy atom. The van der Waals surface area contributed by atoms with E-state index in [-0.39, 0.29) is 28.7 Å². The number of nitrogens with one attached hydrogen (secondary N) is 2. The lowest BCUT2D eigenvalue weighted by Gasteiger charge is -2.37. The summed E-state index contributed by atoms with van der Waals surface area (Å²) in [7, 11) is 1.82. The van der Waals surface area contributed by atoms with E-state index in [1.165, 1.54) is 5.56 Å². The predicted molar refractivity (Wildman–Crippen MR) is 121 cm³/mol. The quantitative estimate of drug-likeness (QED) is 0.340. The van der Waals surface area contributed by atoms with Crippen molar-refractivity contribution in [2.75, 3.05) is 39.1 Å². The molecule has 1 saturated heterocycles. The molecule has 2 N–H and O–H groups in total. The zero-order valence-corrected chi connectivity index (χ0v) is 18.9. The van der Waals surface area contributed by atoms with Gasteiger partial charge in [-0.15, -0.1) is 24.0 Å². The molecule has 1 aliphatic heterocycles. The molecule has 25 heavy (non-hydrogen) atoms. The number of benzene rings is 1. The Labute approximate surface area is 177 Å². The lowest BCUT2D eigenvalue weighted by molar-refractivity contribution is 0.0782. The van der Waals surface area contributed by atoms with Gasteiger partial charge in [-0.25, -0.2) is 0 Å². The van der Waals surface area contributed by atoms with Gasteiger partial charge in [0.25, 0.3) is 0 Å². The van der Waals surface area contributed by atoms with E-state index in [0.29, 0.717) is 0 Å². The minimum absolute atomic E-state index is 0.